The van der Waals surface area contributed by atoms with Gasteiger partial charge in [0, 0.05) is 0 Å². The van der Waals surface area contributed by atoms with Crippen LogP contribution in [0, 0.1) is 17.4 Å². The van der Waals surface area contributed by atoms with E-state index in [1.165, 1.54) is 54.9 Å². The minimum absolute atomic E-state index is 0. The van der Waals surface area contributed by atoms with Crippen molar-refractivity contribution in [1.82, 2.24) is 0 Å². The van der Waals surface area contributed by atoms with E-state index in [1.54, 1.807) is 0 Å². The summed E-state index contributed by atoms with van der Waals surface area (Å²) in [6, 6.07) is 32.1. The monoisotopic (exact) mass is 848 g/mol. The van der Waals surface area contributed by atoms with Gasteiger partial charge in [-0.2, -0.15) is 11.6 Å². The van der Waals surface area contributed by atoms with Crippen LogP contribution >= 0.6 is 23.2 Å². The van der Waals surface area contributed by atoms with Crippen molar-refractivity contribution in [2.45, 2.75) is 93.4 Å². The molecule has 0 spiro atoms. The van der Waals surface area contributed by atoms with Crippen LogP contribution in [0.4, 0.5) is 0 Å². The molecule has 0 saturated heterocycles. The molecule has 1 atom stereocenters. The molecule has 0 bridgehead atoms. The number of fused-ring (bicyclic) bond motifs is 3. The number of rotatable bonds is 3. The van der Waals surface area contributed by atoms with Crippen molar-refractivity contribution in [2.24, 2.45) is 11.3 Å². The van der Waals surface area contributed by atoms with Gasteiger partial charge in [-0.3, -0.25) is 6.08 Å². The van der Waals surface area contributed by atoms with Gasteiger partial charge in [-0.25, -0.2) is 5.57 Å². The third-order valence-corrected chi connectivity index (χ3v) is 11.9. The van der Waals surface area contributed by atoms with Gasteiger partial charge >= 0.3 is 123 Å². The first-order chi connectivity index (χ1) is 23.3. The van der Waals surface area contributed by atoms with Gasteiger partial charge in [0.2, 0.25) is 0 Å². The van der Waals surface area contributed by atoms with E-state index >= 15 is 0 Å². The summed E-state index contributed by atoms with van der Waals surface area (Å²) in [5.41, 5.74) is 8.93. The molecule has 0 saturated carbocycles. The second kappa shape index (κ2) is 19.6. The minimum atomic E-state index is -0.623. The summed E-state index contributed by atoms with van der Waals surface area (Å²) in [5.74, 6) is 0.522. The van der Waals surface area contributed by atoms with Crippen molar-refractivity contribution >= 4 is 52.2 Å². The Hall–Kier alpha value is -1.99. The summed E-state index contributed by atoms with van der Waals surface area (Å²) in [5, 5.41) is 7.06. The molecule has 0 aliphatic heterocycles. The SMILES string of the molecule is CC(C)(C)c1ccc2[cH-]c3ccc(C(C)(C)C)cc3c2c1.CCC1=[C-]C(C)C=C1C(C)(C)C.Clc1ccc([CH]=[Zr]=[CH]c2ccc(Cl)cc2)cc1.[Cl-].[Cl-]. The van der Waals surface area contributed by atoms with E-state index in [-0.39, 0.29) is 35.6 Å². The molecule has 5 aromatic rings. The standard InChI is InChI=1S/C21H25.C12H19.2C7H5Cl.2ClH.Zr/c1-20(2,3)16-9-7-14-11-15-8-10-17(21(4,5)6)13-19(15)18(14)12-16;1-6-10-7-9(2)8-11(10)12(3,4)5;2*1-6-2-4-7(8)5-3-6;;;/h7-13H,1-6H3;8-9H,6H2,1-5H3;2*1-5H;2*1H;/q2*-1;;;;;/p-2. The zero-order valence-electron chi connectivity index (χ0n) is 32.7. The average molecular weight is 852 g/mol. The smallest absolute Gasteiger partial charge is 1.00 e. The molecule has 0 amide bonds. The molecule has 5 heteroatoms. The maximum atomic E-state index is 5.84. The van der Waals surface area contributed by atoms with Crippen LogP contribution in [0.15, 0.2) is 108 Å². The Morgan fingerprint density at radius 3 is 1.37 bits per heavy atom. The average Bonchev–Trinajstić information content (AvgIpc) is 3.62. The Balaban J connectivity index is 0.000000275. The topological polar surface area (TPSA) is 0 Å². The van der Waals surface area contributed by atoms with Crippen LogP contribution in [0.2, 0.25) is 10.0 Å². The molecular formula is C47H54Cl4Zr-4. The van der Waals surface area contributed by atoms with E-state index < -0.39 is 22.3 Å². The zero-order valence-corrected chi connectivity index (χ0v) is 38.2. The predicted octanol–water partition coefficient (Wildman–Crippen LogP) is 8.14. The third kappa shape index (κ3) is 13.1. The first kappa shape index (κ1) is 46.2. The molecule has 0 N–H and O–H groups in total. The first-order valence-electron chi connectivity index (χ1n) is 17.8. The molecule has 278 valence electrons. The van der Waals surface area contributed by atoms with Crippen LogP contribution in [0.5, 0.6) is 0 Å². The first-order valence-corrected chi connectivity index (χ1v) is 21.4. The molecule has 0 heterocycles. The van der Waals surface area contributed by atoms with Crippen LogP contribution in [-0.2, 0) is 33.1 Å². The maximum Gasteiger partial charge on any atom is -1.00 e. The molecule has 0 aromatic heterocycles. The van der Waals surface area contributed by atoms with Crippen LogP contribution in [0.25, 0.3) is 21.5 Å². The van der Waals surface area contributed by atoms with Crippen LogP contribution in [0.1, 0.15) is 105 Å². The molecule has 6 rings (SSSR count). The van der Waals surface area contributed by atoms with Gasteiger partial charge in [0.15, 0.2) is 0 Å². The summed E-state index contributed by atoms with van der Waals surface area (Å²) >= 11 is 11.0. The Bertz CT molecular complexity index is 1910. The zero-order chi connectivity index (χ0) is 36.9. The number of benzene rings is 4. The number of hydrogen-bond donors (Lipinski definition) is 0. The van der Waals surface area contributed by atoms with Crippen LogP contribution < -0.4 is 24.8 Å². The van der Waals surface area contributed by atoms with Gasteiger partial charge < -0.3 is 24.8 Å². The number of halogens is 4. The van der Waals surface area contributed by atoms with E-state index in [0.29, 0.717) is 11.3 Å². The minimum Gasteiger partial charge on any atom is -1.00 e. The van der Waals surface area contributed by atoms with Crippen LogP contribution in [-0.4, -0.2) is 7.42 Å². The van der Waals surface area contributed by atoms with Gasteiger partial charge in [-0.15, -0.1) is 39.7 Å². The van der Waals surface area contributed by atoms with Gasteiger partial charge in [0.25, 0.3) is 0 Å². The second-order valence-electron chi connectivity index (χ2n) is 16.4. The maximum absolute atomic E-state index is 5.84. The quantitative estimate of drug-likeness (QED) is 0.161. The molecule has 0 fully saturated rings. The Labute approximate surface area is 347 Å². The summed E-state index contributed by atoms with van der Waals surface area (Å²) in [6.07, 6.45) is 6.95. The van der Waals surface area contributed by atoms with Gasteiger partial charge in [0.05, 0.1) is 0 Å². The summed E-state index contributed by atoms with van der Waals surface area (Å²) in [6.45, 7) is 24.9. The molecular weight excluding hydrogens is 798 g/mol. The van der Waals surface area contributed by atoms with Crippen molar-refractivity contribution in [1.29, 1.82) is 0 Å². The van der Waals surface area contributed by atoms with Gasteiger partial charge in [-0.05, 0) is 10.8 Å². The van der Waals surface area contributed by atoms with E-state index in [1.807, 2.05) is 24.3 Å². The predicted molar refractivity (Wildman–Crippen MR) is 221 cm³/mol. The molecule has 1 aliphatic carbocycles. The third-order valence-electron chi connectivity index (χ3n) is 8.99. The molecule has 1 unspecified atom stereocenters. The Morgan fingerprint density at radius 1 is 0.635 bits per heavy atom. The van der Waals surface area contributed by atoms with Gasteiger partial charge in [0.1, 0.15) is 0 Å². The molecule has 5 aromatic carbocycles. The van der Waals surface area contributed by atoms with Crippen LogP contribution in [0.3, 0.4) is 0 Å². The van der Waals surface area contributed by atoms with Crippen molar-refractivity contribution in [3.8, 4) is 0 Å². The van der Waals surface area contributed by atoms with Crippen molar-refractivity contribution in [2.75, 3.05) is 0 Å². The number of allylic oxidation sites excluding steroid dienone is 4. The molecule has 52 heavy (non-hydrogen) atoms. The summed E-state index contributed by atoms with van der Waals surface area (Å²) in [4.78, 5) is 0. The molecule has 0 nitrogen and oxygen atoms in total. The summed E-state index contributed by atoms with van der Waals surface area (Å²) in [7, 11) is 0. The van der Waals surface area contributed by atoms with E-state index in [4.69, 9.17) is 23.2 Å². The fraction of sp³-hybridized carbons (Fsp3) is 0.340. The van der Waals surface area contributed by atoms with E-state index in [2.05, 4.69) is 162 Å². The van der Waals surface area contributed by atoms with Crippen molar-refractivity contribution < 1.29 is 47.1 Å². The molecule has 0 radical (unpaired) electrons. The van der Waals surface area contributed by atoms with Crippen molar-refractivity contribution in [3.63, 3.8) is 0 Å². The normalized spacial score (nSPS) is 14.0. The number of hydrogen-bond acceptors (Lipinski definition) is 0. The van der Waals surface area contributed by atoms with E-state index in [0.717, 1.165) is 16.5 Å². The Kier molecular flexibility index (Phi) is 17.4. The Morgan fingerprint density at radius 2 is 1.04 bits per heavy atom. The summed E-state index contributed by atoms with van der Waals surface area (Å²) < 4.78 is 4.66. The largest absolute Gasteiger partial charge is 1.00 e. The fourth-order valence-corrected chi connectivity index (χ4v) is 8.37. The second-order valence-corrected chi connectivity index (χ2v) is 19.5. The van der Waals surface area contributed by atoms with E-state index in [9.17, 15) is 0 Å². The van der Waals surface area contributed by atoms with Gasteiger partial charge in [-0.1, -0.05) is 129 Å². The van der Waals surface area contributed by atoms with Crippen molar-refractivity contribution in [3.05, 3.63) is 147 Å². The fourth-order valence-electron chi connectivity index (χ4n) is 6.02. The molecule has 1 aliphatic rings.